The maximum Gasteiger partial charge on any atom is 0.238 e. The number of nitrogens with zero attached hydrogens (tertiary/aromatic N) is 2. The molecule has 2 fully saturated rings. The third-order valence-electron chi connectivity index (χ3n) is 5.29. The summed E-state index contributed by atoms with van der Waals surface area (Å²) in [6.07, 6.45) is 6.40. The number of nitriles is 1. The normalized spacial score (nSPS) is 22.2. The molecule has 0 aromatic heterocycles. The molecule has 1 aliphatic heterocycles. The van der Waals surface area contributed by atoms with Crippen molar-refractivity contribution in [3.8, 4) is 6.07 Å². The SMILES string of the molecule is N#Cc1ccc(CN(C(=O)CCl)C2CCOC3(CCCC3)C2)cc1. The van der Waals surface area contributed by atoms with E-state index in [4.69, 9.17) is 21.6 Å². The summed E-state index contributed by atoms with van der Waals surface area (Å²) in [5.41, 5.74) is 1.63. The molecule has 0 N–H and O–H groups in total. The third-order valence-corrected chi connectivity index (χ3v) is 5.52. The Hall–Kier alpha value is -1.57. The van der Waals surface area contributed by atoms with Crippen LogP contribution >= 0.6 is 11.6 Å². The van der Waals surface area contributed by atoms with Gasteiger partial charge in [0.2, 0.25) is 5.91 Å². The molecule has 1 saturated heterocycles. The molecule has 1 aromatic carbocycles. The van der Waals surface area contributed by atoms with Gasteiger partial charge in [0.15, 0.2) is 0 Å². The third kappa shape index (κ3) is 3.74. The van der Waals surface area contributed by atoms with E-state index in [0.29, 0.717) is 18.7 Å². The Kier molecular flexibility index (Phi) is 5.43. The van der Waals surface area contributed by atoms with Crippen LogP contribution in [0, 0.1) is 11.3 Å². The van der Waals surface area contributed by atoms with Gasteiger partial charge in [0.25, 0.3) is 0 Å². The fraction of sp³-hybridized carbons (Fsp3) is 0.579. The van der Waals surface area contributed by atoms with Crippen LogP contribution in [-0.4, -0.2) is 34.9 Å². The lowest BCUT2D eigenvalue weighted by molar-refractivity contribution is -0.141. The van der Waals surface area contributed by atoms with E-state index < -0.39 is 0 Å². The Bertz CT molecular complexity index is 617. The van der Waals surface area contributed by atoms with Gasteiger partial charge in [-0.15, -0.1) is 11.6 Å². The Balaban J connectivity index is 1.75. The van der Waals surface area contributed by atoms with Gasteiger partial charge in [0.05, 0.1) is 17.2 Å². The molecule has 1 saturated carbocycles. The highest BCUT2D eigenvalue weighted by Crippen LogP contribution is 2.41. The van der Waals surface area contributed by atoms with E-state index in [1.807, 2.05) is 17.0 Å². The summed E-state index contributed by atoms with van der Waals surface area (Å²) >= 11 is 5.87. The highest BCUT2D eigenvalue weighted by molar-refractivity contribution is 6.27. The Labute approximate surface area is 148 Å². The molecule has 2 aliphatic rings. The molecule has 0 bridgehead atoms. The maximum atomic E-state index is 12.4. The van der Waals surface area contributed by atoms with Gasteiger partial charge < -0.3 is 9.64 Å². The van der Waals surface area contributed by atoms with Crippen LogP contribution in [0.15, 0.2) is 24.3 Å². The summed E-state index contributed by atoms with van der Waals surface area (Å²) in [5, 5.41) is 8.91. The molecule has 1 heterocycles. The van der Waals surface area contributed by atoms with Crippen molar-refractivity contribution in [3.05, 3.63) is 35.4 Å². The average Bonchev–Trinajstić information content (AvgIpc) is 3.07. The van der Waals surface area contributed by atoms with E-state index in [1.165, 1.54) is 12.8 Å². The second-order valence-corrected chi connectivity index (χ2v) is 7.12. The van der Waals surface area contributed by atoms with Gasteiger partial charge in [0.1, 0.15) is 5.88 Å². The summed E-state index contributed by atoms with van der Waals surface area (Å²) < 4.78 is 6.09. The van der Waals surface area contributed by atoms with Crippen molar-refractivity contribution in [1.82, 2.24) is 4.90 Å². The number of alkyl halides is 1. The van der Waals surface area contributed by atoms with Gasteiger partial charge in [-0.05, 0) is 43.4 Å². The van der Waals surface area contributed by atoms with Crippen molar-refractivity contribution in [2.45, 2.75) is 56.7 Å². The van der Waals surface area contributed by atoms with Crippen LogP contribution in [0.4, 0.5) is 0 Å². The van der Waals surface area contributed by atoms with E-state index in [0.717, 1.165) is 31.2 Å². The quantitative estimate of drug-likeness (QED) is 0.782. The van der Waals surface area contributed by atoms with Gasteiger partial charge in [-0.25, -0.2) is 0 Å². The van der Waals surface area contributed by atoms with E-state index >= 15 is 0 Å². The first-order valence-corrected chi connectivity index (χ1v) is 9.18. The second-order valence-electron chi connectivity index (χ2n) is 6.85. The number of carbonyl (C=O) groups excluding carboxylic acids is 1. The van der Waals surface area contributed by atoms with E-state index in [1.54, 1.807) is 12.1 Å². The first kappa shape index (κ1) is 17.3. The summed E-state index contributed by atoms with van der Waals surface area (Å²) in [7, 11) is 0. The number of ether oxygens (including phenoxy) is 1. The number of benzene rings is 1. The van der Waals surface area contributed by atoms with E-state index in [-0.39, 0.29) is 23.4 Å². The zero-order valence-corrected chi connectivity index (χ0v) is 14.6. The molecular formula is C19H23ClN2O2. The minimum absolute atomic E-state index is 0.000631. The fourth-order valence-corrected chi connectivity index (χ4v) is 4.17. The van der Waals surface area contributed by atoms with Crippen molar-refractivity contribution in [2.24, 2.45) is 0 Å². The van der Waals surface area contributed by atoms with Crippen LogP contribution in [0.1, 0.15) is 49.7 Å². The monoisotopic (exact) mass is 346 g/mol. The summed E-state index contributed by atoms with van der Waals surface area (Å²) in [5.74, 6) is -0.0262. The zero-order valence-electron chi connectivity index (χ0n) is 13.8. The molecule has 1 aromatic rings. The predicted molar refractivity (Wildman–Crippen MR) is 92.6 cm³/mol. The van der Waals surface area contributed by atoms with Crippen LogP contribution in [-0.2, 0) is 16.1 Å². The lowest BCUT2D eigenvalue weighted by atomic mass is 9.88. The van der Waals surface area contributed by atoms with Crippen LogP contribution in [0.5, 0.6) is 0 Å². The fourth-order valence-electron chi connectivity index (χ4n) is 4.01. The highest BCUT2D eigenvalue weighted by atomic mass is 35.5. The zero-order chi connectivity index (χ0) is 17.0. The van der Waals surface area contributed by atoms with Crippen LogP contribution in [0.3, 0.4) is 0 Å². The van der Waals surface area contributed by atoms with Crippen LogP contribution in [0.25, 0.3) is 0 Å². The summed E-state index contributed by atoms with van der Waals surface area (Å²) in [6, 6.07) is 9.71. The smallest absolute Gasteiger partial charge is 0.238 e. The predicted octanol–water partition coefficient (Wildman–Crippen LogP) is 3.62. The standard InChI is InChI=1S/C19H23ClN2O2/c20-12-18(23)22(14-16-5-3-15(13-21)4-6-16)17-7-10-24-19(11-17)8-1-2-9-19/h3-6,17H,1-2,7-12,14H2. The van der Waals surface area contributed by atoms with Gasteiger partial charge in [-0.1, -0.05) is 25.0 Å². The molecule has 1 amide bonds. The van der Waals surface area contributed by atoms with Gasteiger partial charge >= 0.3 is 0 Å². The maximum absolute atomic E-state index is 12.4. The molecule has 1 spiro atoms. The number of hydrogen-bond donors (Lipinski definition) is 0. The van der Waals surface area contributed by atoms with Crippen molar-refractivity contribution in [1.29, 1.82) is 5.26 Å². The van der Waals surface area contributed by atoms with E-state index in [9.17, 15) is 4.79 Å². The summed E-state index contributed by atoms with van der Waals surface area (Å²) in [4.78, 5) is 14.4. The van der Waals surface area contributed by atoms with E-state index in [2.05, 4.69) is 6.07 Å². The molecule has 4 nitrogen and oxygen atoms in total. The molecule has 1 unspecified atom stereocenters. The van der Waals surface area contributed by atoms with Gasteiger partial charge in [0, 0.05) is 19.2 Å². The molecule has 0 radical (unpaired) electrons. The van der Waals surface area contributed by atoms with Crippen molar-refractivity contribution < 1.29 is 9.53 Å². The molecular weight excluding hydrogens is 324 g/mol. The van der Waals surface area contributed by atoms with Gasteiger partial charge in [-0.2, -0.15) is 5.26 Å². The molecule has 1 atom stereocenters. The molecule has 128 valence electrons. The Morgan fingerprint density at radius 1 is 1.33 bits per heavy atom. The number of amides is 1. The van der Waals surface area contributed by atoms with Crippen LogP contribution < -0.4 is 0 Å². The van der Waals surface area contributed by atoms with Crippen molar-refractivity contribution in [2.75, 3.05) is 12.5 Å². The lowest BCUT2D eigenvalue weighted by Gasteiger charge is -2.43. The second kappa shape index (κ2) is 7.55. The largest absolute Gasteiger partial charge is 0.375 e. The van der Waals surface area contributed by atoms with Gasteiger partial charge in [-0.3, -0.25) is 4.79 Å². The number of carbonyl (C=O) groups is 1. The molecule has 24 heavy (non-hydrogen) atoms. The molecule has 5 heteroatoms. The number of rotatable bonds is 4. The minimum Gasteiger partial charge on any atom is -0.375 e. The van der Waals surface area contributed by atoms with Crippen molar-refractivity contribution >= 4 is 17.5 Å². The number of halogens is 1. The van der Waals surface area contributed by atoms with Crippen LogP contribution in [0.2, 0.25) is 0 Å². The minimum atomic E-state index is -0.0293. The topological polar surface area (TPSA) is 53.3 Å². The average molecular weight is 347 g/mol. The lowest BCUT2D eigenvalue weighted by Crippen LogP contribution is -2.49. The summed E-state index contributed by atoms with van der Waals surface area (Å²) in [6.45, 7) is 1.25. The first-order chi connectivity index (χ1) is 11.7. The highest BCUT2D eigenvalue weighted by Gasteiger charge is 2.42. The molecule has 3 rings (SSSR count). The Morgan fingerprint density at radius 3 is 2.67 bits per heavy atom. The number of hydrogen-bond acceptors (Lipinski definition) is 3. The molecule has 1 aliphatic carbocycles. The van der Waals surface area contributed by atoms with Crippen molar-refractivity contribution in [3.63, 3.8) is 0 Å². The first-order valence-electron chi connectivity index (χ1n) is 8.64. The Morgan fingerprint density at radius 2 is 2.04 bits per heavy atom.